The predicted octanol–water partition coefficient (Wildman–Crippen LogP) is 3.46. The van der Waals surface area contributed by atoms with Gasteiger partial charge in [-0.1, -0.05) is 30.3 Å². The minimum atomic E-state index is -0.526. The van der Waals surface area contributed by atoms with E-state index < -0.39 is 5.97 Å². The van der Waals surface area contributed by atoms with Crippen molar-refractivity contribution in [3.8, 4) is 11.5 Å². The monoisotopic (exact) mass is 286 g/mol. The van der Waals surface area contributed by atoms with Crippen LogP contribution in [0.1, 0.15) is 28.4 Å². The van der Waals surface area contributed by atoms with Gasteiger partial charge >= 0.3 is 5.97 Å². The minimum Gasteiger partial charge on any atom is -0.507 e. The minimum absolute atomic E-state index is 0.128. The average molecular weight is 286 g/mol. The number of phenolic OH excluding ortho intramolecular Hbond substituents is 1. The smallest absolute Gasteiger partial charge is 0.342 e. The number of hydrogen-bond acceptors (Lipinski definition) is 4. The van der Waals surface area contributed by atoms with E-state index in [9.17, 15) is 9.90 Å². The number of esters is 1. The second-order valence-corrected chi connectivity index (χ2v) is 4.63. The first-order valence-corrected chi connectivity index (χ1v) is 6.79. The summed E-state index contributed by atoms with van der Waals surface area (Å²) in [5, 5.41) is 9.99. The molecule has 2 aromatic rings. The van der Waals surface area contributed by atoms with E-state index >= 15 is 0 Å². The van der Waals surface area contributed by atoms with Crippen LogP contribution in [0.4, 0.5) is 0 Å². The highest BCUT2D eigenvalue weighted by atomic mass is 16.5. The predicted molar refractivity (Wildman–Crippen MR) is 79.6 cm³/mol. The highest BCUT2D eigenvalue weighted by Crippen LogP contribution is 2.28. The number of ether oxygens (including phenoxy) is 2. The van der Waals surface area contributed by atoms with Gasteiger partial charge in [0, 0.05) is 6.07 Å². The lowest BCUT2D eigenvalue weighted by atomic mass is 10.1. The van der Waals surface area contributed by atoms with Crippen LogP contribution in [0.3, 0.4) is 0 Å². The van der Waals surface area contributed by atoms with Crippen molar-refractivity contribution < 1.29 is 19.4 Å². The second-order valence-electron chi connectivity index (χ2n) is 4.63. The summed E-state index contributed by atoms with van der Waals surface area (Å²) < 4.78 is 10.6. The molecule has 0 unspecified atom stereocenters. The Balaban J connectivity index is 2.14. The average Bonchev–Trinajstić information content (AvgIpc) is 2.46. The van der Waals surface area contributed by atoms with Crippen LogP contribution in [0.2, 0.25) is 0 Å². The Labute approximate surface area is 123 Å². The Kier molecular flexibility index (Phi) is 4.82. The SMILES string of the molecule is CCOC(=O)c1c(C)cc(OCc2ccccc2)cc1O. The van der Waals surface area contributed by atoms with E-state index in [0.29, 0.717) is 17.9 Å². The lowest BCUT2D eigenvalue weighted by Gasteiger charge is -2.11. The Morgan fingerprint density at radius 1 is 1.19 bits per heavy atom. The number of carbonyl (C=O) groups excluding carboxylic acids is 1. The van der Waals surface area contributed by atoms with Gasteiger partial charge in [-0.05, 0) is 31.0 Å². The fraction of sp³-hybridized carbons (Fsp3) is 0.235. The summed E-state index contributed by atoms with van der Waals surface area (Å²) in [5.74, 6) is -0.138. The van der Waals surface area contributed by atoms with Crippen molar-refractivity contribution in [3.05, 3.63) is 59.2 Å². The summed E-state index contributed by atoms with van der Waals surface area (Å²) in [5.41, 5.74) is 1.84. The molecule has 21 heavy (non-hydrogen) atoms. The first-order valence-electron chi connectivity index (χ1n) is 6.79. The first kappa shape index (κ1) is 14.9. The quantitative estimate of drug-likeness (QED) is 0.855. The molecule has 0 bridgehead atoms. The van der Waals surface area contributed by atoms with E-state index in [-0.39, 0.29) is 17.9 Å². The van der Waals surface area contributed by atoms with Gasteiger partial charge < -0.3 is 14.6 Å². The van der Waals surface area contributed by atoms with Crippen molar-refractivity contribution in [3.63, 3.8) is 0 Å². The van der Waals surface area contributed by atoms with Gasteiger partial charge in [-0.2, -0.15) is 0 Å². The molecular formula is C17H18O4. The zero-order chi connectivity index (χ0) is 15.2. The van der Waals surface area contributed by atoms with Crippen LogP contribution in [0.15, 0.2) is 42.5 Å². The van der Waals surface area contributed by atoms with E-state index in [0.717, 1.165) is 5.56 Å². The molecule has 0 fully saturated rings. The van der Waals surface area contributed by atoms with Gasteiger partial charge in [0.05, 0.1) is 6.61 Å². The zero-order valence-electron chi connectivity index (χ0n) is 12.1. The van der Waals surface area contributed by atoms with Crippen molar-refractivity contribution in [1.82, 2.24) is 0 Å². The normalized spacial score (nSPS) is 10.2. The van der Waals surface area contributed by atoms with Crippen molar-refractivity contribution in [2.45, 2.75) is 20.5 Å². The van der Waals surface area contributed by atoms with Gasteiger partial charge in [0.15, 0.2) is 0 Å². The highest BCUT2D eigenvalue weighted by molar-refractivity contribution is 5.94. The van der Waals surface area contributed by atoms with Crippen molar-refractivity contribution >= 4 is 5.97 Å². The van der Waals surface area contributed by atoms with Gasteiger partial charge in [-0.3, -0.25) is 0 Å². The molecule has 0 saturated carbocycles. The molecule has 2 aromatic carbocycles. The molecule has 0 heterocycles. The summed E-state index contributed by atoms with van der Waals surface area (Å²) in [4.78, 5) is 11.8. The van der Waals surface area contributed by atoms with E-state index in [1.807, 2.05) is 30.3 Å². The van der Waals surface area contributed by atoms with Gasteiger partial charge in [0.25, 0.3) is 0 Å². The molecule has 4 nitrogen and oxygen atoms in total. The molecule has 0 spiro atoms. The van der Waals surface area contributed by atoms with Crippen LogP contribution in [0, 0.1) is 6.92 Å². The lowest BCUT2D eigenvalue weighted by Crippen LogP contribution is -2.07. The fourth-order valence-electron chi connectivity index (χ4n) is 2.03. The molecule has 2 rings (SSSR count). The Bertz CT molecular complexity index is 597. The second kappa shape index (κ2) is 6.79. The van der Waals surface area contributed by atoms with Crippen LogP contribution in [-0.2, 0) is 11.3 Å². The molecule has 1 N–H and O–H groups in total. The van der Waals surface area contributed by atoms with E-state index in [4.69, 9.17) is 9.47 Å². The Hall–Kier alpha value is -2.49. The van der Waals surface area contributed by atoms with E-state index in [2.05, 4.69) is 0 Å². The maximum atomic E-state index is 11.8. The molecule has 0 aliphatic rings. The number of rotatable bonds is 5. The number of benzene rings is 2. The molecule has 0 aromatic heterocycles. The topological polar surface area (TPSA) is 55.8 Å². The van der Waals surface area contributed by atoms with Crippen LogP contribution in [0.5, 0.6) is 11.5 Å². The number of aromatic hydroxyl groups is 1. The third-order valence-electron chi connectivity index (χ3n) is 3.02. The molecular weight excluding hydrogens is 268 g/mol. The summed E-state index contributed by atoms with van der Waals surface area (Å²) in [6.45, 7) is 4.13. The highest BCUT2D eigenvalue weighted by Gasteiger charge is 2.17. The lowest BCUT2D eigenvalue weighted by molar-refractivity contribution is 0.0522. The summed E-state index contributed by atoms with van der Waals surface area (Å²) in [6.07, 6.45) is 0. The molecule has 0 aliphatic carbocycles. The third kappa shape index (κ3) is 3.75. The van der Waals surface area contributed by atoms with E-state index in [1.165, 1.54) is 6.07 Å². The Morgan fingerprint density at radius 2 is 1.90 bits per heavy atom. The van der Waals surface area contributed by atoms with E-state index in [1.54, 1.807) is 19.9 Å². The molecule has 0 amide bonds. The third-order valence-corrected chi connectivity index (χ3v) is 3.02. The fourth-order valence-corrected chi connectivity index (χ4v) is 2.03. The molecule has 0 aliphatic heterocycles. The summed E-state index contributed by atoms with van der Waals surface area (Å²) >= 11 is 0. The number of carbonyl (C=O) groups is 1. The van der Waals surface area contributed by atoms with Crippen molar-refractivity contribution in [2.24, 2.45) is 0 Å². The van der Waals surface area contributed by atoms with Gasteiger partial charge in [-0.25, -0.2) is 4.79 Å². The number of phenols is 1. The number of aryl methyl sites for hydroxylation is 1. The van der Waals surface area contributed by atoms with Gasteiger partial charge in [-0.15, -0.1) is 0 Å². The van der Waals surface area contributed by atoms with Crippen LogP contribution in [0.25, 0.3) is 0 Å². The maximum Gasteiger partial charge on any atom is 0.342 e. The molecule has 4 heteroatoms. The molecule has 0 atom stereocenters. The standard InChI is InChI=1S/C17H18O4/c1-3-20-17(19)16-12(2)9-14(10-15(16)18)21-11-13-7-5-4-6-8-13/h4-10,18H,3,11H2,1-2H3. The molecule has 0 radical (unpaired) electrons. The van der Waals surface area contributed by atoms with Crippen molar-refractivity contribution in [2.75, 3.05) is 6.61 Å². The van der Waals surface area contributed by atoms with Gasteiger partial charge in [0.1, 0.15) is 23.7 Å². The molecule has 110 valence electrons. The zero-order valence-corrected chi connectivity index (χ0v) is 12.1. The summed E-state index contributed by atoms with van der Waals surface area (Å²) in [7, 11) is 0. The van der Waals surface area contributed by atoms with Crippen LogP contribution in [-0.4, -0.2) is 17.7 Å². The maximum absolute atomic E-state index is 11.8. The van der Waals surface area contributed by atoms with Crippen LogP contribution < -0.4 is 4.74 Å². The Morgan fingerprint density at radius 3 is 2.52 bits per heavy atom. The number of hydrogen-bond donors (Lipinski definition) is 1. The van der Waals surface area contributed by atoms with Gasteiger partial charge in [0.2, 0.25) is 0 Å². The van der Waals surface area contributed by atoms with Crippen molar-refractivity contribution in [1.29, 1.82) is 0 Å². The van der Waals surface area contributed by atoms with Crippen LogP contribution >= 0.6 is 0 Å². The first-order chi connectivity index (χ1) is 10.1. The molecule has 0 saturated heterocycles. The summed E-state index contributed by atoms with van der Waals surface area (Å²) in [6, 6.07) is 12.9. The largest absolute Gasteiger partial charge is 0.507 e.